The summed E-state index contributed by atoms with van der Waals surface area (Å²) in [7, 11) is -6.93. The second-order valence-electron chi connectivity index (χ2n) is 8.27. The van der Waals surface area contributed by atoms with Crippen LogP contribution in [-0.2, 0) is 37.8 Å². The van der Waals surface area contributed by atoms with E-state index < -0.39 is 20.0 Å². The van der Waals surface area contributed by atoms with Crippen LogP contribution in [0.1, 0.15) is 44.2 Å². The Morgan fingerprint density at radius 2 is 1.38 bits per heavy atom. The van der Waals surface area contributed by atoms with Crippen molar-refractivity contribution in [3.05, 3.63) is 59.7 Å². The lowest BCUT2D eigenvalue weighted by Crippen LogP contribution is -2.30. The van der Waals surface area contributed by atoms with E-state index in [0.717, 1.165) is 24.0 Å². The van der Waals surface area contributed by atoms with E-state index in [0.29, 0.717) is 39.1 Å². The Balaban J connectivity index is 1.49. The second-order valence-corrected chi connectivity index (χ2v) is 12.1. The van der Waals surface area contributed by atoms with E-state index in [4.69, 9.17) is 0 Å². The highest BCUT2D eigenvalue weighted by Gasteiger charge is 2.27. The van der Waals surface area contributed by atoms with E-state index in [-0.39, 0.29) is 22.1 Å². The van der Waals surface area contributed by atoms with Gasteiger partial charge < -0.3 is 5.32 Å². The Labute approximate surface area is 203 Å². The van der Waals surface area contributed by atoms with E-state index in [9.17, 15) is 21.6 Å². The molecule has 0 aliphatic carbocycles. The van der Waals surface area contributed by atoms with Crippen LogP contribution in [0.3, 0.4) is 0 Å². The smallest absolute Gasteiger partial charge is 0.243 e. The highest BCUT2D eigenvalue weighted by molar-refractivity contribution is 7.89. The molecule has 34 heavy (non-hydrogen) atoms. The lowest BCUT2D eigenvalue weighted by molar-refractivity contribution is -0.121. The fourth-order valence-electron chi connectivity index (χ4n) is 3.94. The molecule has 10 heteroatoms. The molecule has 0 radical (unpaired) electrons. The minimum Gasteiger partial charge on any atom is -0.352 e. The van der Waals surface area contributed by atoms with Gasteiger partial charge in [-0.05, 0) is 54.7 Å². The van der Waals surface area contributed by atoms with Gasteiger partial charge in [0, 0.05) is 39.1 Å². The zero-order valence-electron chi connectivity index (χ0n) is 19.7. The normalized spacial score (nSPS) is 15.0. The van der Waals surface area contributed by atoms with Gasteiger partial charge >= 0.3 is 0 Å². The van der Waals surface area contributed by atoms with Crippen molar-refractivity contribution in [2.24, 2.45) is 0 Å². The summed E-state index contributed by atoms with van der Waals surface area (Å²) in [5.41, 5.74) is 1.70. The van der Waals surface area contributed by atoms with Crippen molar-refractivity contribution < 1.29 is 21.6 Å². The van der Waals surface area contributed by atoms with Crippen LogP contribution in [0.4, 0.5) is 0 Å². The molecule has 186 valence electrons. The summed E-state index contributed by atoms with van der Waals surface area (Å²) in [5, 5.41) is 2.85. The van der Waals surface area contributed by atoms with Crippen LogP contribution in [0.5, 0.6) is 0 Å². The molecule has 0 aromatic heterocycles. The van der Waals surface area contributed by atoms with Crippen LogP contribution in [0.15, 0.2) is 58.3 Å². The highest BCUT2D eigenvalue weighted by Crippen LogP contribution is 2.21. The Hall–Kier alpha value is -2.27. The zero-order valence-corrected chi connectivity index (χ0v) is 21.4. The Bertz CT molecular complexity index is 1090. The van der Waals surface area contributed by atoms with Gasteiger partial charge in [-0.3, -0.25) is 4.79 Å². The quantitative estimate of drug-likeness (QED) is 0.504. The SMILES string of the molecule is CCN(CC)S(=O)(=O)c1ccc(CCC(=O)NCc2ccc(S(=O)(=O)N3CCCC3)cc2)cc1. The molecule has 1 saturated heterocycles. The molecule has 0 unspecified atom stereocenters. The molecule has 1 amide bonds. The maximum atomic E-state index is 12.6. The number of sulfonamides is 2. The number of hydrogen-bond donors (Lipinski definition) is 1. The van der Waals surface area contributed by atoms with Crippen LogP contribution in [0, 0.1) is 0 Å². The summed E-state index contributed by atoms with van der Waals surface area (Å²) in [6.07, 6.45) is 2.54. The van der Waals surface area contributed by atoms with Crippen molar-refractivity contribution in [1.82, 2.24) is 13.9 Å². The number of amides is 1. The van der Waals surface area contributed by atoms with E-state index in [2.05, 4.69) is 5.32 Å². The lowest BCUT2D eigenvalue weighted by atomic mass is 10.1. The van der Waals surface area contributed by atoms with Crippen molar-refractivity contribution in [2.45, 2.75) is 55.9 Å². The Kier molecular flexibility index (Phi) is 8.86. The van der Waals surface area contributed by atoms with Crippen LogP contribution >= 0.6 is 0 Å². The maximum Gasteiger partial charge on any atom is 0.243 e. The predicted molar refractivity (Wildman–Crippen MR) is 131 cm³/mol. The number of aryl methyl sites for hydroxylation is 1. The first-order valence-electron chi connectivity index (χ1n) is 11.6. The minimum atomic E-state index is -3.49. The second kappa shape index (κ2) is 11.4. The van der Waals surface area contributed by atoms with Crippen molar-refractivity contribution in [3.63, 3.8) is 0 Å². The molecule has 1 heterocycles. The van der Waals surface area contributed by atoms with Crippen LogP contribution in [0.25, 0.3) is 0 Å². The van der Waals surface area contributed by atoms with E-state index in [1.54, 1.807) is 62.4 Å². The van der Waals surface area contributed by atoms with Gasteiger partial charge in [-0.2, -0.15) is 8.61 Å². The first-order valence-corrected chi connectivity index (χ1v) is 14.5. The number of carbonyl (C=O) groups is 1. The van der Waals surface area contributed by atoms with Crippen molar-refractivity contribution in [3.8, 4) is 0 Å². The topological polar surface area (TPSA) is 104 Å². The number of nitrogens with zero attached hydrogens (tertiary/aromatic N) is 2. The highest BCUT2D eigenvalue weighted by atomic mass is 32.2. The zero-order chi connectivity index (χ0) is 24.8. The number of rotatable bonds is 11. The third-order valence-corrected chi connectivity index (χ3v) is 10.0. The summed E-state index contributed by atoms with van der Waals surface area (Å²) in [6.45, 7) is 5.88. The molecule has 1 N–H and O–H groups in total. The number of nitrogens with one attached hydrogen (secondary N) is 1. The molecular weight excluding hydrogens is 474 g/mol. The first kappa shape index (κ1) is 26.3. The van der Waals surface area contributed by atoms with Crippen molar-refractivity contribution in [2.75, 3.05) is 26.2 Å². The molecule has 0 bridgehead atoms. The summed E-state index contributed by atoms with van der Waals surface area (Å²) >= 11 is 0. The van der Waals surface area contributed by atoms with Crippen molar-refractivity contribution >= 4 is 26.0 Å². The van der Waals surface area contributed by atoms with E-state index in [1.807, 2.05) is 0 Å². The summed E-state index contributed by atoms with van der Waals surface area (Å²) in [4.78, 5) is 12.8. The third kappa shape index (κ3) is 6.24. The average Bonchev–Trinajstić information content (AvgIpc) is 3.39. The van der Waals surface area contributed by atoms with Gasteiger partial charge in [-0.15, -0.1) is 0 Å². The van der Waals surface area contributed by atoms with Gasteiger partial charge in [0.1, 0.15) is 0 Å². The van der Waals surface area contributed by atoms with E-state index >= 15 is 0 Å². The van der Waals surface area contributed by atoms with Gasteiger partial charge in [0.15, 0.2) is 0 Å². The summed E-state index contributed by atoms with van der Waals surface area (Å²) in [5.74, 6) is -0.131. The molecule has 0 saturated carbocycles. The molecule has 1 fully saturated rings. The minimum absolute atomic E-state index is 0.131. The average molecular weight is 508 g/mol. The van der Waals surface area contributed by atoms with Crippen LogP contribution < -0.4 is 5.32 Å². The monoisotopic (exact) mass is 507 g/mol. The lowest BCUT2D eigenvalue weighted by Gasteiger charge is -2.18. The first-order chi connectivity index (χ1) is 16.2. The number of benzene rings is 2. The van der Waals surface area contributed by atoms with Gasteiger partial charge in [0.05, 0.1) is 9.79 Å². The molecule has 3 rings (SSSR count). The standard InChI is InChI=1S/C24H33N3O5S2/c1-3-26(4-2)33(29,30)22-12-7-20(8-13-22)11-16-24(28)25-19-21-9-14-23(15-10-21)34(31,32)27-17-5-6-18-27/h7-10,12-15H,3-6,11,16-19H2,1-2H3,(H,25,28). The van der Waals surface area contributed by atoms with Gasteiger partial charge in [0.2, 0.25) is 26.0 Å². The third-order valence-electron chi connectivity index (χ3n) is 6.02. The number of carbonyl (C=O) groups excluding carboxylic acids is 1. The fourth-order valence-corrected chi connectivity index (χ4v) is 6.92. The maximum absolute atomic E-state index is 12.6. The van der Waals surface area contributed by atoms with Crippen LogP contribution in [-0.4, -0.2) is 57.5 Å². The fraction of sp³-hybridized carbons (Fsp3) is 0.458. The molecule has 0 atom stereocenters. The molecule has 8 nitrogen and oxygen atoms in total. The molecule has 1 aliphatic heterocycles. The number of hydrogen-bond acceptors (Lipinski definition) is 5. The molecule has 0 spiro atoms. The van der Waals surface area contributed by atoms with Gasteiger partial charge in [-0.1, -0.05) is 38.1 Å². The Morgan fingerprint density at radius 3 is 1.94 bits per heavy atom. The molecule has 2 aromatic rings. The van der Waals surface area contributed by atoms with Gasteiger partial charge in [0.25, 0.3) is 0 Å². The molecule has 2 aromatic carbocycles. The van der Waals surface area contributed by atoms with E-state index in [1.165, 1.54) is 8.61 Å². The van der Waals surface area contributed by atoms with Crippen LogP contribution in [0.2, 0.25) is 0 Å². The Morgan fingerprint density at radius 1 is 0.853 bits per heavy atom. The molecule has 1 aliphatic rings. The summed E-state index contributed by atoms with van der Waals surface area (Å²) in [6, 6.07) is 13.3. The summed E-state index contributed by atoms with van der Waals surface area (Å²) < 4.78 is 53.2. The predicted octanol–water partition coefficient (Wildman–Crippen LogP) is 2.75. The van der Waals surface area contributed by atoms with Crippen molar-refractivity contribution in [1.29, 1.82) is 0 Å². The molecular formula is C24H33N3O5S2. The van der Waals surface area contributed by atoms with Gasteiger partial charge in [-0.25, -0.2) is 16.8 Å². The largest absolute Gasteiger partial charge is 0.352 e.